The second-order valence-corrected chi connectivity index (χ2v) is 15.3. The molecule has 37 heavy (non-hydrogen) atoms. The normalized spacial score (nSPS) is 14.8. The van der Waals surface area contributed by atoms with Crippen molar-refractivity contribution in [2.24, 2.45) is 21.7 Å². The maximum atomic E-state index is 12.5. The molecule has 0 rings (SSSR count). The minimum atomic E-state index is -0.542. The Morgan fingerprint density at radius 2 is 1.30 bits per heavy atom. The summed E-state index contributed by atoms with van der Waals surface area (Å²) in [6.07, 6.45) is 2.73. The Hall–Kier alpha value is -1.37. The van der Waals surface area contributed by atoms with Crippen LogP contribution in [0, 0.1) is 21.7 Å². The summed E-state index contributed by atoms with van der Waals surface area (Å²) in [6.45, 7) is 30.5. The largest absolute Gasteiger partial charge is 0.375 e. The lowest BCUT2D eigenvalue weighted by atomic mass is 9.63. The molecule has 0 bridgehead atoms. The van der Waals surface area contributed by atoms with Gasteiger partial charge in [0.05, 0.1) is 11.3 Å². The second-order valence-electron chi connectivity index (χ2n) is 15.3. The zero-order valence-electron chi connectivity index (χ0n) is 27.0. The van der Waals surface area contributed by atoms with E-state index in [0.717, 1.165) is 12.8 Å². The van der Waals surface area contributed by atoms with Gasteiger partial charge in [0, 0.05) is 42.9 Å². The molecule has 0 aliphatic heterocycles. The van der Waals surface area contributed by atoms with Gasteiger partial charge in [0.15, 0.2) is 7.85 Å². The molecule has 0 spiro atoms. The predicted molar refractivity (Wildman–Crippen MR) is 157 cm³/mol. The first-order chi connectivity index (χ1) is 16.3. The number of rotatable bonds is 15. The first kappa shape index (κ1) is 35.6. The third-order valence-electron chi connectivity index (χ3n) is 9.16. The van der Waals surface area contributed by atoms with Crippen molar-refractivity contribution in [2.75, 3.05) is 6.61 Å². The van der Waals surface area contributed by atoms with Crippen LogP contribution < -0.4 is 10.6 Å². The molecule has 0 saturated heterocycles. The molecule has 0 aliphatic carbocycles. The van der Waals surface area contributed by atoms with Gasteiger partial charge in [-0.3, -0.25) is 9.59 Å². The maximum Gasteiger partial charge on any atom is 0.220 e. The molecule has 6 nitrogen and oxygen atoms in total. The van der Waals surface area contributed by atoms with Crippen LogP contribution in [0.15, 0.2) is 0 Å². The number of hydrogen-bond acceptors (Lipinski definition) is 4. The fourth-order valence-electron chi connectivity index (χ4n) is 4.59. The fourth-order valence-corrected chi connectivity index (χ4v) is 4.59. The summed E-state index contributed by atoms with van der Waals surface area (Å²) in [4.78, 5) is 36.2. The van der Waals surface area contributed by atoms with Gasteiger partial charge in [-0.25, -0.2) is 0 Å². The van der Waals surface area contributed by atoms with E-state index in [0.29, 0.717) is 13.0 Å². The summed E-state index contributed by atoms with van der Waals surface area (Å²) in [5.74, 6) is -0.00686. The van der Waals surface area contributed by atoms with Gasteiger partial charge in [0.2, 0.25) is 11.8 Å². The first-order valence-corrected chi connectivity index (χ1v) is 14.0. The van der Waals surface area contributed by atoms with Crippen LogP contribution in [0.5, 0.6) is 0 Å². The van der Waals surface area contributed by atoms with Crippen molar-refractivity contribution in [1.82, 2.24) is 10.6 Å². The van der Waals surface area contributed by atoms with E-state index in [1.807, 2.05) is 13.8 Å². The van der Waals surface area contributed by atoms with Crippen LogP contribution >= 0.6 is 0 Å². The van der Waals surface area contributed by atoms with Crippen molar-refractivity contribution in [3.63, 3.8) is 0 Å². The number of nitrogens with one attached hydrogen (secondary N) is 2. The van der Waals surface area contributed by atoms with Crippen LogP contribution in [-0.4, -0.2) is 49.1 Å². The number of amides is 2. The quantitative estimate of drug-likeness (QED) is 0.282. The average Bonchev–Trinajstić information content (AvgIpc) is 2.62. The summed E-state index contributed by atoms with van der Waals surface area (Å²) in [7, 11) is 1.51. The van der Waals surface area contributed by atoms with Gasteiger partial charge >= 0.3 is 0 Å². The molecule has 0 heterocycles. The first-order valence-electron chi connectivity index (χ1n) is 14.0. The summed E-state index contributed by atoms with van der Waals surface area (Å²) >= 11 is 0. The molecular weight excluding hydrogens is 463 g/mol. The maximum absolute atomic E-state index is 12.5. The van der Waals surface area contributed by atoms with Crippen LogP contribution in [0.25, 0.3) is 0 Å². The molecule has 0 aromatic heterocycles. The minimum absolute atomic E-state index is 0.0168. The highest BCUT2D eigenvalue weighted by Crippen LogP contribution is 2.47. The Labute approximate surface area is 229 Å². The zero-order chi connectivity index (χ0) is 29.7. The predicted octanol–water partition coefficient (Wildman–Crippen LogP) is 5.42. The van der Waals surface area contributed by atoms with Gasteiger partial charge in [-0.2, -0.15) is 0 Å². The molecule has 2 amide bonds. The van der Waals surface area contributed by atoms with Gasteiger partial charge in [0.1, 0.15) is 0 Å². The lowest BCUT2D eigenvalue weighted by molar-refractivity contribution is -0.145. The monoisotopic (exact) mass is 522 g/mol. The van der Waals surface area contributed by atoms with Crippen molar-refractivity contribution in [2.45, 2.75) is 146 Å². The molecular formula is C30H59BN2O4. The van der Waals surface area contributed by atoms with E-state index in [1.165, 1.54) is 7.85 Å². The molecule has 7 heteroatoms. The zero-order valence-corrected chi connectivity index (χ0v) is 27.0. The molecule has 2 N–H and O–H groups in total. The Kier molecular flexibility index (Phi) is 12.2. The molecule has 0 saturated carbocycles. The lowest BCUT2D eigenvalue weighted by Gasteiger charge is -2.52. The smallest absolute Gasteiger partial charge is 0.220 e. The Balaban J connectivity index is 5.18. The number of hydrogen-bond donors (Lipinski definition) is 2. The second kappa shape index (κ2) is 12.7. The third kappa shape index (κ3) is 11.1. The Bertz CT molecular complexity index is 792. The van der Waals surface area contributed by atoms with E-state index < -0.39 is 16.6 Å². The highest BCUT2D eigenvalue weighted by molar-refractivity contribution is 6.57. The van der Waals surface area contributed by atoms with Crippen molar-refractivity contribution in [3.05, 3.63) is 0 Å². The molecule has 0 fully saturated rings. The van der Waals surface area contributed by atoms with Crippen LogP contribution in [0.3, 0.4) is 0 Å². The molecule has 0 aliphatic rings. The highest BCUT2D eigenvalue weighted by atomic mass is 16.5. The third-order valence-corrected chi connectivity index (χ3v) is 9.16. The van der Waals surface area contributed by atoms with Gasteiger partial charge < -0.3 is 20.2 Å². The van der Waals surface area contributed by atoms with Crippen LogP contribution in [0.1, 0.15) is 129 Å². The van der Waals surface area contributed by atoms with Crippen molar-refractivity contribution >= 4 is 25.3 Å². The van der Waals surface area contributed by atoms with Crippen LogP contribution in [0.4, 0.5) is 0 Å². The number of ether oxygens (including phenoxy) is 1. The summed E-state index contributed by atoms with van der Waals surface area (Å²) in [6, 6.07) is 0.0906. The lowest BCUT2D eigenvalue weighted by Crippen LogP contribution is -2.62. The SMILES string of the molecule is BC(=O)CCC(=O)NC(C)(C)C(C)(C)C(C)(C)OCCC(C)(C)C(C)(C)CC(C)NC(=O)CC(C)(C)C. The van der Waals surface area contributed by atoms with Crippen molar-refractivity contribution in [3.8, 4) is 0 Å². The molecule has 216 valence electrons. The van der Waals surface area contributed by atoms with E-state index in [-0.39, 0.29) is 52.6 Å². The standard InChI is InChI=1S/C30H59BN2O4/c1-21(32-24(36)20-25(2,3)4)19-27(7,8)26(5,6)17-18-37-30(13,14)28(9,10)29(11,12)33-23(35)16-15-22(31)34/h21H,15-20,31H2,1-14H3,(H,32,36)(H,33,35). The average molecular weight is 523 g/mol. The molecule has 1 atom stereocenters. The van der Waals surface area contributed by atoms with Crippen molar-refractivity contribution in [1.29, 1.82) is 0 Å². The molecule has 1 unspecified atom stereocenters. The summed E-state index contributed by atoms with van der Waals surface area (Å²) in [5.41, 5.74) is -1.50. The van der Waals surface area contributed by atoms with Gasteiger partial charge in [0.25, 0.3) is 0 Å². The fraction of sp³-hybridized carbons (Fsp3) is 0.900. The molecule has 0 aromatic rings. The van der Waals surface area contributed by atoms with E-state index in [4.69, 9.17) is 4.74 Å². The van der Waals surface area contributed by atoms with Crippen LogP contribution in [-0.2, 0) is 19.1 Å². The van der Waals surface area contributed by atoms with Gasteiger partial charge in [-0.05, 0) is 63.7 Å². The number of carbonyl (C=O) groups excluding carboxylic acids is 3. The van der Waals surface area contributed by atoms with Gasteiger partial charge in [-0.15, -0.1) is 0 Å². The molecule has 0 radical (unpaired) electrons. The Morgan fingerprint density at radius 3 is 1.76 bits per heavy atom. The highest BCUT2D eigenvalue weighted by Gasteiger charge is 2.50. The minimum Gasteiger partial charge on any atom is -0.375 e. The topological polar surface area (TPSA) is 84.5 Å². The van der Waals surface area contributed by atoms with E-state index in [1.54, 1.807) is 0 Å². The summed E-state index contributed by atoms with van der Waals surface area (Å²) in [5, 5.41) is 6.32. The van der Waals surface area contributed by atoms with Crippen molar-refractivity contribution < 1.29 is 19.1 Å². The summed E-state index contributed by atoms with van der Waals surface area (Å²) < 4.78 is 6.54. The molecule has 0 aromatic carbocycles. The Morgan fingerprint density at radius 1 is 0.784 bits per heavy atom. The number of carbonyl (C=O) groups is 3. The van der Waals surface area contributed by atoms with E-state index >= 15 is 0 Å². The van der Waals surface area contributed by atoms with E-state index in [9.17, 15) is 14.4 Å². The van der Waals surface area contributed by atoms with E-state index in [2.05, 4.69) is 93.7 Å². The van der Waals surface area contributed by atoms with Gasteiger partial charge in [-0.1, -0.05) is 62.3 Å². The van der Waals surface area contributed by atoms with Crippen LogP contribution in [0.2, 0.25) is 0 Å².